The molecule has 8 nitrogen and oxygen atoms in total. The summed E-state index contributed by atoms with van der Waals surface area (Å²) in [7, 11) is -2.08. The number of hydrogen-bond donors (Lipinski definition) is 1. The molecule has 34 heavy (non-hydrogen) atoms. The number of nitro benzene ring substituents is 1. The van der Waals surface area contributed by atoms with Crippen LogP contribution in [-0.4, -0.2) is 36.8 Å². The van der Waals surface area contributed by atoms with Crippen molar-refractivity contribution in [2.24, 2.45) is 0 Å². The molecule has 176 valence electrons. The van der Waals surface area contributed by atoms with Crippen LogP contribution < -0.4 is 10.1 Å². The van der Waals surface area contributed by atoms with E-state index in [2.05, 4.69) is 5.32 Å². The molecule has 1 N–H and O–H groups in total. The molecule has 3 aromatic rings. The smallest absolute Gasteiger partial charge is 0.269 e. The van der Waals surface area contributed by atoms with Crippen LogP contribution in [0.3, 0.4) is 0 Å². The van der Waals surface area contributed by atoms with Crippen LogP contribution in [0.25, 0.3) is 6.08 Å². The second-order valence-electron chi connectivity index (χ2n) is 8.35. The van der Waals surface area contributed by atoms with Gasteiger partial charge in [-0.3, -0.25) is 10.1 Å². The number of sulfonamides is 1. The molecule has 0 spiro atoms. The van der Waals surface area contributed by atoms with E-state index >= 15 is 0 Å². The van der Waals surface area contributed by atoms with Crippen molar-refractivity contribution < 1.29 is 18.1 Å². The summed E-state index contributed by atoms with van der Waals surface area (Å²) in [5.74, 6) is 0.663. The zero-order valence-corrected chi connectivity index (χ0v) is 19.7. The largest absolute Gasteiger partial charge is 0.481 e. The van der Waals surface area contributed by atoms with E-state index in [1.54, 1.807) is 49.5 Å². The lowest BCUT2D eigenvalue weighted by Gasteiger charge is -2.34. The number of non-ortho nitro benzene ring substituents is 1. The molecule has 0 amide bonds. The molecule has 1 unspecified atom stereocenters. The Bertz CT molecular complexity index is 1320. The van der Waals surface area contributed by atoms with E-state index in [0.717, 1.165) is 16.8 Å². The summed E-state index contributed by atoms with van der Waals surface area (Å²) in [6, 6.07) is 20.4. The van der Waals surface area contributed by atoms with Gasteiger partial charge in [-0.15, -0.1) is 0 Å². The van der Waals surface area contributed by atoms with Crippen molar-refractivity contribution in [2.45, 2.75) is 24.0 Å². The van der Waals surface area contributed by atoms with E-state index in [9.17, 15) is 18.5 Å². The minimum Gasteiger partial charge on any atom is -0.481 e. The molecule has 4 rings (SSSR count). The quantitative estimate of drug-likeness (QED) is 0.371. The van der Waals surface area contributed by atoms with Crippen molar-refractivity contribution in [3.63, 3.8) is 0 Å². The summed E-state index contributed by atoms with van der Waals surface area (Å²) >= 11 is 0. The molecule has 0 radical (unpaired) electrons. The van der Waals surface area contributed by atoms with E-state index in [-0.39, 0.29) is 17.1 Å². The molecule has 1 aliphatic rings. The minimum atomic E-state index is -3.63. The van der Waals surface area contributed by atoms with Crippen molar-refractivity contribution in [3.05, 3.63) is 100 Å². The second kappa shape index (κ2) is 9.28. The minimum absolute atomic E-state index is 0.0603. The first-order valence-corrected chi connectivity index (χ1v) is 12.1. The average Bonchev–Trinajstić information content (AvgIpc) is 2.83. The van der Waals surface area contributed by atoms with Crippen LogP contribution in [0.5, 0.6) is 5.75 Å². The van der Waals surface area contributed by atoms with E-state index in [1.807, 2.05) is 37.3 Å². The number of likely N-dealkylation sites (N-methyl/N-ethyl adjacent to an activating group) is 1. The first kappa shape index (κ1) is 23.5. The number of nitrogens with one attached hydrogen (secondary N) is 1. The van der Waals surface area contributed by atoms with Crippen LogP contribution in [-0.2, 0) is 16.6 Å². The topological polar surface area (TPSA) is 102 Å². The van der Waals surface area contributed by atoms with E-state index in [4.69, 9.17) is 4.74 Å². The number of rotatable bonds is 8. The molecule has 0 bridgehead atoms. The van der Waals surface area contributed by atoms with Gasteiger partial charge in [0.15, 0.2) is 0 Å². The number of nitro groups is 1. The molecule has 3 aromatic carbocycles. The van der Waals surface area contributed by atoms with Gasteiger partial charge in [0.05, 0.1) is 16.4 Å². The van der Waals surface area contributed by atoms with Crippen molar-refractivity contribution >= 4 is 27.5 Å². The molecule has 0 aromatic heterocycles. The number of anilines is 1. The lowest BCUT2D eigenvalue weighted by Crippen LogP contribution is -2.45. The molecule has 0 fully saturated rings. The second-order valence-corrected chi connectivity index (χ2v) is 10.4. The number of fused-ring (bicyclic) bond motifs is 1. The summed E-state index contributed by atoms with van der Waals surface area (Å²) in [6.07, 6.45) is 3.80. The summed E-state index contributed by atoms with van der Waals surface area (Å²) in [5.41, 5.74) is 1.91. The van der Waals surface area contributed by atoms with Gasteiger partial charge in [0.2, 0.25) is 10.0 Å². The first-order valence-electron chi connectivity index (χ1n) is 10.7. The van der Waals surface area contributed by atoms with Crippen molar-refractivity contribution in [3.8, 4) is 5.75 Å². The standard InChI is InChI=1S/C25H25N3O5S/c1-25(18-27(2)34(31,32)23-6-4-3-5-7-23)15-14-20-16-21(10-13-24(20)33-25)26-17-19-8-11-22(12-9-19)28(29)30/h3-16,26H,17-18H2,1-2H3. The number of benzene rings is 3. The zero-order chi connectivity index (χ0) is 24.3. The van der Waals surface area contributed by atoms with Gasteiger partial charge in [-0.05, 0) is 48.9 Å². The van der Waals surface area contributed by atoms with E-state index in [0.29, 0.717) is 12.3 Å². The third-order valence-electron chi connectivity index (χ3n) is 5.60. The molecule has 1 heterocycles. The normalized spacial score (nSPS) is 17.1. The van der Waals surface area contributed by atoms with Gasteiger partial charge in [-0.2, -0.15) is 4.31 Å². The van der Waals surface area contributed by atoms with Gasteiger partial charge in [0, 0.05) is 37.0 Å². The summed E-state index contributed by atoms with van der Waals surface area (Å²) in [6.45, 7) is 2.52. The average molecular weight is 480 g/mol. The monoisotopic (exact) mass is 479 g/mol. The summed E-state index contributed by atoms with van der Waals surface area (Å²) < 4.78 is 33.3. The number of nitrogens with zero attached hydrogens (tertiary/aromatic N) is 2. The fourth-order valence-corrected chi connectivity index (χ4v) is 5.04. The Morgan fingerprint density at radius 2 is 1.76 bits per heavy atom. The molecule has 0 saturated carbocycles. The Kier molecular flexibility index (Phi) is 6.41. The van der Waals surface area contributed by atoms with E-state index in [1.165, 1.54) is 16.4 Å². The van der Waals surface area contributed by atoms with Gasteiger partial charge in [-0.25, -0.2) is 8.42 Å². The maximum absolute atomic E-state index is 12.9. The predicted octanol–water partition coefficient (Wildman–Crippen LogP) is 4.69. The van der Waals surface area contributed by atoms with Gasteiger partial charge in [0.1, 0.15) is 11.4 Å². The van der Waals surface area contributed by atoms with Crippen molar-refractivity contribution in [2.75, 3.05) is 18.9 Å². The molecular weight excluding hydrogens is 454 g/mol. The van der Waals surface area contributed by atoms with Crippen LogP contribution in [0.4, 0.5) is 11.4 Å². The summed E-state index contributed by atoms with van der Waals surface area (Å²) in [5, 5.41) is 14.1. The molecule has 1 atom stereocenters. The number of ether oxygens (including phenoxy) is 1. The van der Waals surface area contributed by atoms with E-state index < -0.39 is 20.5 Å². The maximum atomic E-state index is 12.9. The molecule has 1 aliphatic heterocycles. The fourth-order valence-electron chi connectivity index (χ4n) is 3.76. The van der Waals surface area contributed by atoms with Gasteiger partial charge >= 0.3 is 0 Å². The first-order chi connectivity index (χ1) is 16.2. The van der Waals surface area contributed by atoms with Crippen LogP contribution in [0.1, 0.15) is 18.1 Å². The highest BCUT2D eigenvalue weighted by atomic mass is 32.2. The lowest BCUT2D eigenvalue weighted by atomic mass is 10.00. The maximum Gasteiger partial charge on any atom is 0.269 e. The highest BCUT2D eigenvalue weighted by Crippen LogP contribution is 2.34. The third-order valence-corrected chi connectivity index (χ3v) is 7.42. The van der Waals surface area contributed by atoms with Gasteiger partial charge in [-0.1, -0.05) is 36.4 Å². The molecule has 0 saturated heterocycles. The Morgan fingerprint density at radius 3 is 2.44 bits per heavy atom. The Hall–Kier alpha value is -3.69. The molecular formula is C25H25N3O5S. The Morgan fingerprint density at radius 1 is 1.06 bits per heavy atom. The number of hydrogen-bond acceptors (Lipinski definition) is 6. The van der Waals surface area contributed by atoms with Crippen LogP contribution in [0.2, 0.25) is 0 Å². The van der Waals surface area contributed by atoms with Crippen LogP contribution in [0, 0.1) is 10.1 Å². The highest BCUT2D eigenvalue weighted by Gasteiger charge is 2.33. The van der Waals surface area contributed by atoms with Crippen molar-refractivity contribution in [1.29, 1.82) is 0 Å². The zero-order valence-electron chi connectivity index (χ0n) is 18.8. The lowest BCUT2D eigenvalue weighted by molar-refractivity contribution is -0.384. The van der Waals surface area contributed by atoms with Gasteiger partial charge < -0.3 is 10.1 Å². The third kappa shape index (κ3) is 5.11. The van der Waals surface area contributed by atoms with Crippen molar-refractivity contribution in [1.82, 2.24) is 4.31 Å². The summed E-state index contributed by atoms with van der Waals surface area (Å²) in [4.78, 5) is 10.6. The Labute approximate surface area is 198 Å². The van der Waals surface area contributed by atoms with Gasteiger partial charge in [0.25, 0.3) is 5.69 Å². The molecule has 9 heteroatoms. The fraction of sp³-hybridized carbons (Fsp3) is 0.200. The van der Waals surface area contributed by atoms with Crippen LogP contribution in [0.15, 0.2) is 83.8 Å². The van der Waals surface area contributed by atoms with Crippen LogP contribution >= 0.6 is 0 Å². The molecule has 0 aliphatic carbocycles. The highest BCUT2D eigenvalue weighted by molar-refractivity contribution is 7.89. The predicted molar refractivity (Wildman–Crippen MR) is 131 cm³/mol. The Balaban J connectivity index is 1.42. The SMILES string of the molecule is CN(CC1(C)C=Cc2cc(NCc3ccc([N+](=O)[O-])cc3)ccc2O1)S(=O)(=O)c1ccccc1.